The summed E-state index contributed by atoms with van der Waals surface area (Å²) >= 11 is 0. The maximum absolute atomic E-state index is 12.2. The van der Waals surface area contributed by atoms with E-state index in [-0.39, 0.29) is 5.91 Å². The van der Waals surface area contributed by atoms with Gasteiger partial charge in [-0.05, 0) is 37.9 Å². The molecule has 5 heteroatoms. The van der Waals surface area contributed by atoms with E-state index in [9.17, 15) is 4.79 Å². The molecule has 0 atom stereocenters. The molecule has 24 heavy (non-hydrogen) atoms. The number of nitrogens with two attached hydrogens (primary N) is 1. The SMILES string of the molecule is CN(C)CCOc1ccccc1CNC(=O)c1ccc(CN)cc1. The monoisotopic (exact) mass is 327 g/mol. The van der Waals surface area contributed by atoms with Crippen LogP contribution in [-0.4, -0.2) is 38.1 Å². The van der Waals surface area contributed by atoms with Crippen molar-refractivity contribution in [1.29, 1.82) is 0 Å². The lowest BCUT2D eigenvalue weighted by Crippen LogP contribution is -2.24. The van der Waals surface area contributed by atoms with E-state index in [0.29, 0.717) is 25.3 Å². The zero-order valence-corrected chi connectivity index (χ0v) is 14.3. The van der Waals surface area contributed by atoms with Crippen molar-refractivity contribution in [3.63, 3.8) is 0 Å². The Balaban J connectivity index is 1.94. The molecule has 1 amide bonds. The van der Waals surface area contributed by atoms with E-state index in [4.69, 9.17) is 10.5 Å². The van der Waals surface area contributed by atoms with E-state index in [0.717, 1.165) is 23.4 Å². The molecule has 0 saturated heterocycles. The second-order valence-corrected chi connectivity index (χ2v) is 5.84. The lowest BCUT2D eigenvalue weighted by Gasteiger charge is -2.14. The number of hydrogen-bond donors (Lipinski definition) is 2. The molecule has 0 saturated carbocycles. The molecule has 0 aliphatic rings. The van der Waals surface area contributed by atoms with Crippen molar-refractivity contribution in [2.75, 3.05) is 27.2 Å². The Labute approximate surface area is 143 Å². The standard InChI is InChI=1S/C19H25N3O2/c1-22(2)11-12-24-18-6-4-3-5-17(18)14-21-19(23)16-9-7-15(13-20)8-10-16/h3-10H,11-14,20H2,1-2H3,(H,21,23). The third kappa shape index (κ3) is 5.37. The molecule has 5 nitrogen and oxygen atoms in total. The molecule has 128 valence electrons. The number of para-hydroxylation sites is 1. The summed E-state index contributed by atoms with van der Waals surface area (Å²) in [5, 5.41) is 2.93. The van der Waals surface area contributed by atoms with Gasteiger partial charge in [-0.2, -0.15) is 0 Å². The van der Waals surface area contributed by atoms with Crippen LogP contribution >= 0.6 is 0 Å². The van der Waals surface area contributed by atoms with Gasteiger partial charge in [0.25, 0.3) is 5.91 Å². The lowest BCUT2D eigenvalue weighted by atomic mass is 10.1. The second kappa shape index (κ2) is 9.05. The number of nitrogens with one attached hydrogen (secondary N) is 1. The van der Waals surface area contributed by atoms with Crippen LogP contribution in [0.15, 0.2) is 48.5 Å². The fraction of sp³-hybridized carbons (Fsp3) is 0.316. The van der Waals surface area contributed by atoms with Crippen molar-refractivity contribution in [2.45, 2.75) is 13.1 Å². The van der Waals surface area contributed by atoms with Crippen LogP contribution in [0.2, 0.25) is 0 Å². The maximum Gasteiger partial charge on any atom is 0.251 e. The number of amides is 1. The van der Waals surface area contributed by atoms with Crippen molar-refractivity contribution < 1.29 is 9.53 Å². The van der Waals surface area contributed by atoms with Crippen LogP contribution in [0, 0.1) is 0 Å². The van der Waals surface area contributed by atoms with E-state index in [1.54, 1.807) is 12.1 Å². The molecule has 0 fully saturated rings. The van der Waals surface area contributed by atoms with E-state index >= 15 is 0 Å². The van der Waals surface area contributed by atoms with Gasteiger partial charge in [0.15, 0.2) is 0 Å². The fourth-order valence-electron chi connectivity index (χ4n) is 2.20. The van der Waals surface area contributed by atoms with Crippen molar-refractivity contribution in [1.82, 2.24) is 10.2 Å². The number of rotatable bonds is 8. The predicted molar refractivity (Wildman–Crippen MR) is 96.0 cm³/mol. The molecule has 0 aromatic heterocycles. The number of likely N-dealkylation sites (N-methyl/N-ethyl adjacent to an activating group) is 1. The van der Waals surface area contributed by atoms with Gasteiger partial charge in [0.1, 0.15) is 12.4 Å². The molecule has 0 aliphatic carbocycles. The highest BCUT2D eigenvalue weighted by atomic mass is 16.5. The summed E-state index contributed by atoms with van der Waals surface area (Å²) in [6.07, 6.45) is 0. The zero-order chi connectivity index (χ0) is 17.4. The Bertz CT molecular complexity index is 654. The van der Waals surface area contributed by atoms with Crippen molar-refractivity contribution in [3.05, 3.63) is 65.2 Å². The number of hydrogen-bond acceptors (Lipinski definition) is 4. The molecular formula is C19H25N3O2. The summed E-state index contributed by atoms with van der Waals surface area (Å²) in [5.41, 5.74) is 8.16. The summed E-state index contributed by atoms with van der Waals surface area (Å²) in [6, 6.07) is 15.1. The highest BCUT2D eigenvalue weighted by Crippen LogP contribution is 2.18. The maximum atomic E-state index is 12.2. The molecule has 0 heterocycles. The van der Waals surface area contributed by atoms with Crippen LogP contribution < -0.4 is 15.8 Å². The first-order valence-corrected chi connectivity index (χ1v) is 8.03. The normalized spacial score (nSPS) is 10.7. The predicted octanol–water partition coefficient (Wildman–Crippen LogP) is 2.02. The molecule has 0 bridgehead atoms. The van der Waals surface area contributed by atoms with Crippen molar-refractivity contribution in [2.24, 2.45) is 5.73 Å². The average molecular weight is 327 g/mol. The van der Waals surface area contributed by atoms with Gasteiger partial charge >= 0.3 is 0 Å². The lowest BCUT2D eigenvalue weighted by molar-refractivity contribution is 0.0950. The minimum Gasteiger partial charge on any atom is -0.492 e. The number of benzene rings is 2. The van der Waals surface area contributed by atoms with E-state index < -0.39 is 0 Å². The number of carbonyl (C=O) groups is 1. The Morgan fingerprint density at radius 3 is 2.50 bits per heavy atom. The van der Waals surface area contributed by atoms with Crippen LogP contribution in [0.5, 0.6) is 5.75 Å². The number of carbonyl (C=O) groups excluding carboxylic acids is 1. The molecule has 0 unspecified atom stereocenters. The minimum absolute atomic E-state index is 0.110. The van der Waals surface area contributed by atoms with Crippen LogP contribution in [0.25, 0.3) is 0 Å². The fourth-order valence-corrected chi connectivity index (χ4v) is 2.20. The summed E-state index contributed by atoms with van der Waals surface area (Å²) < 4.78 is 5.81. The Morgan fingerprint density at radius 2 is 1.83 bits per heavy atom. The molecule has 0 radical (unpaired) electrons. The number of nitrogens with zero attached hydrogens (tertiary/aromatic N) is 1. The van der Waals surface area contributed by atoms with E-state index in [1.807, 2.05) is 50.5 Å². The first kappa shape index (κ1) is 18.0. The van der Waals surface area contributed by atoms with Gasteiger partial charge in [-0.1, -0.05) is 30.3 Å². The van der Waals surface area contributed by atoms with Crippen molar-refractivity contribution in [3.8, 4) is 5.75 Å². The van der Waals surface area contributed by atoms with Gasteiger partial charge in [-0.15, -0.1) is 0 Å². The Kier molecular flexibility index (Phi) is 6.78. The molecule has 2 rings (SSSR count). The van der Waals surface area contributed by atoms with Gasteiger partial charge in [-0.25, -0.2) is 0 Å². The van der Waals surface area contributed by atoms with Crippen LogP contribution in [-0.2, 0) is 13.1 Å². The zero-order valence-electron chi connectivity index (χ0n) is 14.3. The van der Waals surface area contributed by atoms with Gasteiger partial charge in [-0.3, -0.25) is 4.79 Å². The van der Waals surface area contributed by atoms with E-state index in [1.165, 1.54) is 0 Å². The van der Waals surface area contributed by atoms with E-state index in [2.05, 4.69) is 10.2 Å². The summed E-state index contributed by atoms with van der Waals surface area (Å²) in [5.74, 6) is 0.694. The average Bonchev–Trinajstić information content (AvgIpc) is 2.60. The second-order valence-electron chi connectivity index (χ2n) is 5.84. The minimum atomic E-state index is -0.110. The number of ether oxygens (including phenoxy) is 1. The first-order valence-electron chi connectivity index (χ1n) is 8.03. The smallest absolute Gasteiger partial charge is 0.251 e. The summed E-state index contributed by atoms with van der Waals surface area (Å²) in [4.78, 5) is 14.3. The molecule has 2 aromatic carbocycles. The van der Waals surface area contributed by atoms with Crippen LogP contribution in [0.1, 0.15) is 21.5 Å². The summed E-state index contributed by atoms with van der Waals surface area (Å²) in [7, 11) is 4.01. The molecule has 0 aliphatic heterocycles. The Morgan fingerprint density at radius 1 is 1.12 bits per heavy atom. The Hall–Kier alpha value is -2.37. The summed E-state index contributed by atoms with van der Waals surface area (Å²) in [6.45, 7) is 2.35. The van der Waals surface area contributed by atoms with Crippen molar-refractivity contribution >= 4 is 5.91 Å². The van der Waals surface area contributed by atoms with Gasteiger partial charge in [0.2, 0.25) is 0 Å². The van der Waals surface area contributed by atoms with Gasteiger partial charge in [0, 0.05) is 30.8 Å². The molecule has 0 spiro atoms. The van der Waals surface area contributed by atoms with Gasteiger partial charge < -0.3 is 20.7 Å². The third-order valence-corrected chi connectivity index (χ3v) is 3.66. The molecule has 3 N–H and O–H groups in total. The first-order chi connectivity index (χ1) is 11.6. The quantitative estimate of drug-likeness (QED) is 0.778. The molecule has 2 aromatic rings. The highest BCUT2D eigenvalue weighted by molar-refractivity contribution is 5.94. The largest absolute Gasteiger partial charge is 0.492 e. The van der Waals surface area contributed by atoms with Crippen LogP contribution in [0.3, 0.4) is 0 Å². The van der Waals surface area contributed by atoms with Gasteiger partial charge in [0.05, 0.1) is 0 Å². The highest BCUT2D eigenvalue weighted by Gasteiger charge is 2.08. The van der Waals surface area contributed by atoms with Crippen LogP contribution in [0.4, 0.5) is 0 Å². The molecular weight excluding hydrogens is 302 g/mol. The third-order valence-electron chi connectivity index (χ3n) is 3.66. The topological polar surface area (TPSA) is 67.6 Å².